The van der Waals surface area contributed by atoms with Gasteiger partial charge in [0.25, 0.3) is 0 Å². The van der Waals surface area contributed by atoms with Gasteiger partial charge in [0.05, 0.1) is 0 Å². The predicted octanol–water partition coefficient (Wildman–Crippen LogP) is 6.74. The van der Waals surface area contributed by atoms with Crippen LogP contribution in [0.4, 0.5) is 4.79 Å². The van der Waals surface area contributed by atoms with E-state index in [4.69, 9.17) is 15.9 Å². The van der Waals surface area contributed by atoms with Crippen molar-refractivity contribution < 1.29 is 28.7 Å². The van der Waals surface area contributed by atoms with Crippen LogP contribution < -0.4 is 10.6 Å². The van der Waals surface area contributed by atoms with E-state index in [0.717, 1.165) is 18.4 Å². The van der Waals surface area contributed by atoms with E-state index in [0.29, 0.717) is 24.0 Å². The van der Waals surface area contributed by atoms with E-state index in [2.05, 4.69) is 16.6 Å². The van der Waals surface area contributed by atoms with E-state index in [1.54, 1.807) is 65.8 Å². The second-order valence-corrected chi connectivity index (χ2v) is 14.2. The Hall–Kier alpha value is -4.32. The highest BCUT2D eigenvalue weighted by Gasteiger charge is 2.40. The van der Waals surface area contributed by atoms with Gasteiger partial charge in [-0.2, -0.15) is 0 Å². The number of nitrogens with one attached hydrogen (secondary N) is 2. The lowest BCUT2D eigenvalue weighted by Gasteiger charge is -2.37. The number of amides is 3. The summed E-state index contributed by atoms with van der Waals surface area (Å²) in [7, 11) is 0. The molecular formula is C39H55N3O6. The molecule has 0 aromatic heterocycles. The van der Waals surface area contributed by atoms with Gasteiger partial charge in [-0.3, -0.25) is 9.59 Å². The highest BCUT2D eigenvalue weighted by molar-refractivity contribution is 5.94. The molecule has 3 amide bonds. The summed E-state index contributed by atoms with van der Waals surface area (Å²) in [4.78, 5) is 57.4. The molecular weight excluding hydrogens is 606 g/mol. The summed E-state index contributed by atoms with van der Waals surface area (Å²) < 4.78 is 11.2. The van der Waals surface area contributed by atoms with Crippen molar-refractivity contribution in [1.29, 1.82) is 0 Å². The third-order valence-corrected chi connectivity index (χ3v) is 7.70. The van der Waals surface area contributed by atoms with Gasteiger partial charge in [-0.15, -0.1) is 6.42 Å². The standard InChI is InChI=1S/C39H55N3O6/c1-11-14-20-25-42(35(44)32(27(4)12-2)41-37(46)48-39(8,9)10)33(30-24-19-18-23-29(30)13-3)34(43)40-31(36(45)47-38(5,6)7)26-28-21-16-15-17-22-28/h3,15-19,21-24,27,31-33H,11-12,14,20,25-26H2,1-2,4-10H3,(H,40,43)(H,41,46). The average Bonchev–Trinajstić information content (AvgIpc) is 3.01. The van der Waals surface area contributed by atoms with Crippen molar-refractivity contribution in [2.75, 3.05) is 6.54 Å². The number of unbranched alkanes of at least 4 members (excludes halogenated alkanes) is 2. The van der Waals surface area contributed by atoms with Crippen molar-refractivity contribution in [2.24, 2.45) is 5.92 Å². The molecule has 48 heavy (non-hydrogen) atoms. The van der Waals surface area contributed by atoms with Crippen LogP contribution in [0.5, 0.6) is 0 Å². The van der Waals surface area contributed by atoms with Crippen LogP contribution in [0.3, 0.4) is 0 Å². The fourth-order valence-electron chi connectivity index (χ4n) is 5.18. The van der Waals surface area contributed by atoms with Crippen LogP contribution >= 0.6 is 0 Å². The molecule has 9 nitrogen and oxygen atoms in total. The SMILES string of the molecule is C#Cc1ccccc1C(C(=O)NC(Cc1ccccc1)C(=O)OC(C)(C)C)N(CCCCC)C(=O)C(NC(=O)OC(C)(C)C)C(C)CC. The number of hydrogen-bond donors (Lipinski definition) is 2. The Morgan fingerprint density at radius 3 is 2.02 bits per heavy atom. The first-order chi connectivity index (χ1) is 22.5. The normalized spacial score (nSPS) is 14.0. The Morgan fingerprint density at radius 1 is 0.854 bits per heavy atom. The van der Waals surface area contributed by atoms with Crippen LogP contribution in [0.25, 0.3) is 0 Å². The highest BCUT2D eigenvalue weighted by atomic mass is 16.6. The Bertz CT molecular complexity index is 1400. The van der Waals surface area contributed by atoms with Gasteiger partial charge in [0.1, 0.15) is 29.3 Å². The van der Waals surface area contributed by atoms with Gasteiger partial charge in [-0.1, -0.05) is 94.5 Å². The molecule has 2 rings (SSSR count). The Labute approximate surface area is 287 Å². The zero-order valence-electron chi connectivity index (χ0n) is 30.2. The molecule has 0 aliphatic carbocycles. The van der Waals surface area contributed by atoms with Gasteiger partial charge < -0.3 is 25.0 Å². The number of hydrogen-bond acceptors (Lipinski definition) is 6. The summed E-state index contributed by atoms with van der Waals surface area (Å²) in [5.41, 5.74) is 0.111. The quantitative estimate of drug-likeness (QED) is 0.124. The predicted molar refractivity (Wildman–Crippen MR) is 189 cm³/mol. The van der Waals surface area contributed by atoms with Gasteiger partial charge in [-0.05, 0) is 71.1 Å². The molecule has 0 saturated heterocycles. The summed E-state index contributed by atoms with van der Waals surface area (Å²) in [6.07, 6.45) is 8.23. The Balaban J connectivity index is 2.70. The molecule has 4 unspecified atom stereocenters. The number of terminal acetylenes is 1. The molecule has 0 bridgehead atoms. The Kier molecular flexibility index (Phi) is 15.2. The number of benzene rings is 2. The fraction of sp³-hybridized carbons (Fsp3) is 0.538. The number of esters is 1. The van der Waals surface area contributed by atoms with Crippen LogP contribution in [0, 0.1) is 18.3 Å². The number of nitrogens with zero attached hydrogens (tertiary/aromatic N) is 1. The van der Waals surface area contributed by atoms with Crippen molar-refractivity contribution >= 4 is 23.9 Å². The molecule has 4 atom stereocenters. The maximum atomic E-state index is 14.7. The first-order valence-electron chi connectivity index (χ1n) is 16.9. The lowest BCUT2D eigenvalue weighted by atomic mass is 9.93. The topological polar surface area (TPSA) is 114 Å². The molecule has 9 heteroatoms. The monoisotopic (exact) mass is 661 g/mol. The van der Waals surface area contributed by atoms with Crippen molar-refractivity contribution in [3.05, 3.63) is 71.3 Å². The van der Waals surface area contributed by atoms with Gasteiger partial charge in [0.15, 0.2) is 0 Å². The summed E-state index contributed by atoms with van der Waals surface area (Å²) in [6.45, 7) is 16.6. The lowest BCUT2D eigenvalue weighted by molar-refractivity contribution is -0.159. The maximum Gasteiger partial charge on any atom is 0.408 e. The van der Waals surface area contributed by atoms with Crippen LogP contribution in [-0.4, -0.2) is 58.6 Å². The molecule has 0 radical (unpaired) electrons. The first kappa shape index (κ1) is 39.9. The largest absolute Gasteiger partial charge is 0.458 e. The van der Waals surface area contributed by atoms with Crippen molar-refractivity contribution in [3.8, 4) is 12.3 Å². The second-order valence-electron chi connectivity index (χ2n) is 14.2. The zero-order chi connectivity index (χ0) is 36.1. The Morgan fingerprint density at radius 2 is 1.46 bits per heavy atom. The summed E-state index contributed by atoms with van der Waals surface area (Å²) >= 11 is 0. The van der Waals surface area contributed by atoms with Crippen LogP contribution in [0.1, 0.15) is 111 Å². The minimum atomic E-state index is -1.21. The molecule has 0 saturated carbocycles. The van der Waals surface area contributed by atoms with Crippen LogP contribution in [0.2, 0.25) is 0 Å². The van der Waals surface area contributed by atoms with Gasteiger partial charge in [-0.25, -0.2) is 9.59 Å². The first-order valence-corrected chi connectivity index (χ1v) is 16.9. The van der Waals surface area contributed by atoms with E-state index in [-0.39, 0.29) is 18.9 Å². The number of alkyl carbamates (subject to hydrolysis) is 1. The van der Waals surface area contributed by atoms with Gasteiger partial charge in [0.2, 0.25) is 11.8 Å². The molecule has 2 N–H and O–H groups in total. The third-order valence-electron chi connectivity index (χ3n) is 7.70. The zero-order valence-corrected chi connectivity index (χ0v) is 30.2. The molecule has 0 aliphatic heterocycles. The minimum Gasteiger partial charge on any atom is -0.458 e. The maximum absolute atomic E-state index is 14.7. The summed E-state index contributed by atoms with van der Waals surface area (Å²) in [5.74, 6) is 0.729. The number of carbonyl (C=O) groups excluding carboxylic acids is 4. The highest BCUT2D eigenvalue weighted by Crippen LogP contribution is 2.28. The van der Waals surface area contributed by atoms with E-state index in [9.17, 15) is 19.2 Å². The fourth-order valence-corrected chi connectivity index (χ4v) is 5.18. The molecule has 2 aromatic rings. The van der Waals surface area contributed by atoms with Crippen molar-refractivity contribution in [1.82, 2.24) is 15.5 Å². The molecule has 0 spiro atoms. The van der Waals surface area contributed by atoms with E-state index in [1.807, 2.05) is 51.1 Å². The minimum absolute atomic E-state index is 0.171. The van der Waals surface area contributed by atoms with Crippen LogP contribution in [0.15, 0.2) is 54.6 Å². The molecule has 262 valence electrons. The van der Waals surface area contributed by atoms with Crippen molar-refractivity contribution in [3.63, 3.8) is 0 Å². The smallest absolute Gasteiger partial charge is 0.408 e. The molecule has 0 fully saturated rings. The van der Waals surface area contributed by atoms with E-state index in [1.165, 1.54) is 4.90 Å². The number of rotatable bonds is 15. The summed E-state index contributed by atoms with van der Waals surface area (Å²) in [5, 5.41) is 5.72. The number of carbonyl (C=O) groups is 4. The number of ether oxygens (including phenoxy) is 2. The molecule has 0 heterocycles. The van der Waals surface area contributed by atoms with Gasteiger partial charge in [0, 0.05) is 18.5 Å². The summed E-state index contributed by atoms with van der Waals surface area (Å²) in [6, 6.07) is 13.0. The second kappa shape index (κ2) is 18.3. The van der Waals surface area contributed by atoms with Crippen molar-refractivity contribution in [2.45, 2.75) is 124 Å². The van der Waals surface area contributed by atoms with Gasteiger partial charge >= 0.3 is 12.1 Å². The van der Waals surface area contributed by atoms with Crippen LogP contribution in [-0.2, 0) is 30.3 Å². The average molecular weight is 662 g/mol. The third kappa shape index (κ3) is 12.7. The molecule has 0 aliphatic rings. The molecule has 2 aromatic carbocycles. The van der Waals surface area contributed by atoms with E-state index < -0.39 is 53.2 Å². The van der Waals surface area contributed by atoms with E-state index >= 15 is 0 Å². The lowest BCUT2D eigenvalue weighted by Crippen LogP contribution is -2.56.